The minimum Gasteiger partial charge on any atom is -0.455 e. The van der Waals surface area contributed by atoms with Gasteiger partial charge in [0.25, 0.3) is 0 Å². The number of rotatable bonds is 9. The predicted octanol–water partition coefficient (Wildman–Crippen LogP) is 0.590. The van der Waals surface area contributed by atoms with Crippen LogP contribution in [0.4, 0.5) is 0 Å². The minimum absolute atomic E-state index is 0.0205. The van der Waals surface area contributed by atoms with Gasteiger partial charge in [-0.15, -0.1) is 0 Å². The molecule has 0 spiro atoms. The first-order valence-corrected chi connectivity index (χ1v) is 23.5. The van der Waals surface area contributed by atoms with E-state index in [0.29, 0.717) is 19.3 Å². The highest BCUT2D eigenvalue weighted by Gasteiger charge is 2.57. The molecule has 372 valence electrons. The molecule has 2 bridgehead atoms. The second kappa shape index (κ2) is 25.1. The number of esters is 2. The molecule has 20 nitrogen and oxygen atoms in total. The Morgan fingerprint density at radius 2 is 1.20 bits per heavy atom. The summed E-state index contributed by atoms with van der Waals surface area (Å²) in [5.74, 6) is -2.21. The summed E-state index contributed by atoms with van der Waals surface area (Å²) in [5.41, 5.74) is 0. The van der Waals surface area contributed by atoms with Crippen molar-refractivity contribution in [3.05, 3.63) is 0 Å². The van der Waals surface area contributed by atoms with E-state index in [2.05, 4.69) is 6.92 Å². The maximum absolute atomic E-state index is 13.7. The number of carbonyl (C=O) groups excluding carboxylic acids is 2. The van der Waals surface area contributed by atoms with E-state index in [9.17, 15) is 50.4 Å². The Kier molecular flexibility index (Phi) is 20.9. The predicted molar refractivity (Wildman–Crippen MR) is 221 cm³/mol. The topological polar surface area (TPSA) is 288 Å². The molecule has 0 aromatic carbocycles. The molecular formula is C44H76O20. The zero-order chi connectivity index (χ0) is 46.8. The van der Waals surface area contributed by atoms with Crippen molar-refractivity contribution in [2.24, 2.45) is 5.92 Å². The maximum Gasteiger partial charge on any atom is 0.308 e. The van der Waals surface area contributed by atoms with Gasteiger partial charge in [0.2, 0.25) is 0 Å². The Hall–Kier alpha value is -1.70. The summed E-state index contributed by atoms with van der Waals surface area (Å²) in [6.07, 6.45) is -20.7. The number of hydrogen-bond donors (Lipinski definition) is 8. The van der Waals surface area contributed by atoms with Gasteiger partial charge in [-0.1, -0.05) is 78.6 Å². The van der Waals surface area contributed by atoms with E-state index in [1.807, 2.05) is 0 Å². The van der Waals surface area contributed by atoms with Crippen LogP contribution in [0.2, 0.25) is 0 Å². The van der Waals surface area contributed by atoms with Crippen molar-refractivity contribution < 1.29 is 97.8 Å². The van der Waals surface area contributed by atoms with E-state index in [-0.39, 0.29) is 12.5 Å². The number of ether oxygens (including phenoxy) is 10. The van der Waals surface area contributed by atoms with Crippen molar-refractivity contribution in [2.45, 2.75) is 254 Å². The van der Waals surface area contributed by atoms with Gasteiger partial charge in [0, 0.05) is 6.42 Å². The van der Waals surface area contributed by atoms with Gasteiger partial charge in [0.15, 0.2) is 37.4 Å². The van der Waals surface area contributed by atoms with Crippen LogP contribution < -0.4 is 0 Å². The average molecular weight is 925 g/mol. The zero-order valence-corrected chi connectivity index (χ0v) is 38.1. The maximum atomic E-state index is 13.7. The van der Waals surface area contributed by atoms with Crippen LogP contribution in [0.5, 0.6) is 0 Å². The van der Waals surface area contributed by atoms with Crippen LogP contribution in [0.3, 0.4) is 0 Å². The number of hydrogen-bond acceptors (Lipinski definition) is 20. The fourth-order valence-electron chi connectivity index (χ4n) is 8.79. The van der Waals surface area contributed by atoms with E-state index in [1.165, 1.54) is 13.8 Å². The number of aliphatic hydroxyl groups is 8. The molecule has 5 fully saturated rings. The Morgan fingerprint density at radius 1 is 0.625 bits per heavy atom. The first kappa shape index (κ1) is 53.3. The van der Waals surface area contributed by atoms with Crippen LogP contribution in [0.1, 0.15) is 125 Å². The highest BCUT2D eigenvalue weighted by atomic mass is 16.8. The number of carbonyl (C=O) groups is 2. The number of fused-ring (bicyclic) bond motifs is 4. The van der Waals surface area contributed by atoms with Crippen LogP contribution >= 0.6 is 0 Å². The second-order valence-corrected chi connectivity index (χ2v) is 18.4. The lowest BCUT2D eigenvalue weighted by atomic mass is 9.95. The molecule has 0 aromatic heterocycles. The molecule has 20 heteroatoms. The molecule has 21 atom stereocenters. The third-order valence-electron chi connectivity index (χ3n) is 12.9. The summed E-state index contributed by atoms with van der Waals surface area (Å²) in [4.78, 5) is 27.2. The van der Waals surface area contributed by atoms with E-state index >= 15 is 0 Å². The van der Waals surface area contributed by atoms with Crippen molar-refractivity contribution in [1.29, 1.82) is 0 Å². The van der Waals surface area contributed by atoms with E-state index in [4.69, 9.17) is 47.4 Å². The lowest BCUT2D eigenvalue weighted by molar-refractivity contribution is -0.399. The standard InChI is InChI=1S/C44H76O20/c1-7-8-14-17-25-18-15-12-10-9-11-13-16-19-27(46)60-38-35(62-41-34(53)31(50)28(47)22(4)55-41)24(6)57-44(39(38)61-40(54)21(2)3)64-37-33(52)30(49)26(20-45)59-43(37)63-36-32(51)29(48)23(5)56-42(36)58-25/h21-26,28-39,41-45,47-53H,7-20H2,1-6H3/t22-,23+,24+,25+,26-,28+,29+,30-,31+,32+,33+,34-,35+,36+,37-,38-,39-,41-,42+,43+,44-/m1/s1. The van der Waals surface area contributed by atoms with Gasteiger partial charge >= 0.3 is 11.9 Å². The van der Waals surface area contributed by atoms with Gasteiger partial charge in [0.05, 0.1) is 36.9 Å². The van der Waals surface area contributed by atoms with Crippen LogP contribution in [-0.4, -0.2) is 188 Å². The van der Waals surface area contributed by atoms with Crippen LogP contribution in [0, 0.1) is 5.92 Å². The third kappa shape index (κ3) is 13.5. The lowest BCUT2D eigenvalue weighted by Gasteiger charge is -2.50. The fraction of sp³-hybridized carbons (Fsp3) is 0.955. The molecule has 5 aliphatic rings. The highest BCUT2D eigenvalue weighted by Crippen LogP contribution is 2.37. The van der Waals surface area contributed by atoms with E-state index in [0.717, 1.165) is 57.8 Å². The molecule has 0 amide bonds. The van der Waals surface area contributed by atoms with Crippen molar-refractivity contribution in [1.82, 2.24) is 0 Å². The summed E-state index contributed by atoms with van der Waals surface area (Å²) in [6.45, 7) is 8.99. The largest absolute Gasteiger partial charge is 0.455 e. The van der Waals surface area contributed by atoms with Crippen molar-refractivity contribution in [3.8, 4) is 0 Å². The molecule has 0 aromatic rings. The monoisotopic (exact) mass is 924 g/mol. The average Bonchev–Trinajstić information content (AvgIpc) is 3.25. The van der Waals surface area contributed by atoms with Gasteiger partial charge in [-0.3, -0.25) is 9.59 Å². The molecule has 5 saturated heterocycles. The third-order valence-corrected chi connectivity index (χ3v) is 12.9. The quantitative estimate of drug-likeness (QED) is 0.116. The number of aliphatic hydroxyl groups excluding tert-OH is 8. The Balaban J connectivity index is 1.55. The molecule has 0 saturated carbocycles. The van der Waals surface area contributed by atoms with Gasteiger partial charge in [0.1, 0.15) is 67.1 Å². The van der Waals surface area contributed by atoms with Crippen molar-refractivity contribution in [2.75, 3.05) is 6.61 Å². The van der Waals surface area contributed by atoms with Crippen LogP contribution in [-0.2, 0) is 57.0 Å². The van der Waals surface area contributed by atoms with Gasteiger partial charge in [-0.2, -0.15) is 0 Å². The highest BCUT2D eigenvalue weighted by molar-refractivity contribution is 5.72. The molecule has 0 unspecified atom stereocenters. The summed E-state index contributed by atoms with van der Waals surface area (Å²) in [5, 5.41) is 87.6. The Morgan fingerprint density at radius 3 is 1.86 bits per heavy atom. The summed E-state index contributed by atoms with van der Waals surface area (Å²) < 4.78 is 61.8. The van der Waals surface area contributed by atoms with Crippen molar-refractivity contribution >= 4 is 11.9 Å². The summed E-state index contributed by atoms with van der Waals surface area (Å²) >= 11 is 0. The SMILES string of the molecule is CCCCC[C@H]1CCCCCCCCCC(=O)O[C@@H]2[C@@H](O[C@H]3O[C@H](C)[C@H](O)[C@H](O)[C@H]3O)[C@H](C)O[C@H](O[C@H]3[C@H](O[C@@H]4[C@H](O1)O[C@@H](C)[C@H](O)[C@@H]4O)O[C@H](CO)[C@@H](O)[C@@H]3O)[C@@H]2OC(=O)C(C)C. The second-order valence-electron chi connectivity index (χ2n) is 18.4. The fourth-order valence-corrected chi connectivity index (χ4v) is 8.79. The van der Waals surface area contributed by atoms with E-state index < -0.39 is 147 Å². The minimum atomic E-state index is -1.90. The lowest BCUT2D eigenvalue weighted by Crippen LogP contribution is -2.68. The summed E-state index contributed by atoms with van der Waals surface area (Å²) in [7, 11) is 0. The molecule has 0 radical (unpaired) electrons. The zero-order valence-electron chi connectivity index (χ0n) is 38.1. The van der Waals surface area contributed by atoms with E-state index in [1.54, 1.807) is 20.8 Å². The van der Waals surface area contributed by atoms with Gasteiger partial charge in [-0.05, 0) is 40.0 Å². The summed E-state index contributed by atoms with van der Waals surface area (Å²) in [6, 6.07) is 0. The molecule has 8 N–H and O–H groups in total. The Labute approximate surface area is 375 Å². The molecule has 5 aliphatic heterocycles. The van der Waals surface area contributed by atoms with Crippen LogP contribution in [0.15, 0.2) is 0 Å². The van der Waals surface area contributed by atoms with Gasteiger partial charge < -0.3 is 88.2 Å². The normalized spacial score (nSPS) is 44.9. The molecular weight excluding hydrogens is 848 g/mol. The molecule has 5 heterocycles. The van der Waals surface area contributed by atoms with Gasteiger partial charge in [-0.25, -0.2) is 0 Å². The molecule has 64 heavy (non-hydrogen) atoms. The smallest absolute Gasteiger partial charge is 0.308 e. The molecule has 0 aliphatic carbocycles. The number of unbranched alkanes of at least 4 members (excludes halogenated alkanes) is 2. The van der Waals surface area contributed by atoms with Crippen LogP contribution in [0.25, 0.3) is 0 Å². The molecule has 5 rings (SSSR count). The first-order chi connectivity index (χ1) is 30.5. The van der Waals surface area contributed by atoms with Crippen molar-refractivity contribution in [3.63, 3.8) is 0 Å². The Bertz CT molecular complexity index is 1410. The first-order valence-electron chi connectivity index (χ1n) is 23.5.